The maximum Gasteiger partial charge on any atom is 0.153 e. The van der Waals surface area contributed by atoms with Crippen molar-refractivity contribution in [2.24, 2.45) is 5.92 Å². The summed E-state index contributed by atoms with van der Waals surface area (Å²) in [5, 5.41) is 9.86. The second-order valence-electron chi connectivity index (χ2n) is 4.45. The summed E-state index contributed by atoms with van der Waals surface area (Å²) in [6.07, 6.45) is 3.54. The number of hydrogen-bond acceptors (Lipinski definition) is 5. The fraction of sp³-hybridized carbons (Fsp3) is 0.417. The van der Waals surface area contributed by atoms with Gasteiger partial charge in [-0.15, -0.1) is 0 Å². The van der Waals surface area contributed by atoms with E-state index in [-0.39, 0.29) is 11.9 Å². The van der Waals surface area contributed by atoms with Crippen LogP contribution >= 0.6 is 0 Å². The standard InChI is InChI=1S/C12H14FN5O/c13-9-1-2-10(15-6-9)14-5-8-3-4-19-11(8)12-16-7-17-18-12/h1-2,6-8,11H,3-5H2,(H,14,15)(H,16,17,18)/t8-,11-/m0/s1. The van der Waals surface area contributed by atoms with Crippen molar-refractivity contribution >= 4 is 5.82 Å². The maximum atomic E-state index is 12.7. The molecule has 2 atom stereocenters. The lowest BCUT2D eigenvalue weighted by molar-refractivity contribution is 0.0864. The van der Waals surface area contributed by atoms with Crippen molar-refractivity contribution in [1.82, 2.24) is 20.2 Å². The number of H-pyrrole nitrogens is 1. The molecule has 3 heterocycles. The number of aromatic amines is 1. The average Bonchev–Trinajstić information content (AvgIpc) is 3.08. The Kier molecular flexibility index (Phi) is 3.37. The van der Waals surface area contributed by atoms with E-state index in [9.17, 15) is 4.39 Å². The predicted octanol–water partition coefficient (Wildman–Crippen LogP) is 1.53. The minimum absolute atomic E-state index is 0.0737. The van der Waals surface area contributed by atoms with Crippen LogP contribution in [-0.4, -0.2) is 33.3 Å². The predicted molar refractivity (Wildman–Crippen MR) is 65.9 cm³/mol. The number of nitrogens with zero attached hydrogens (tertiary/aromatic N) is 3. The molecular formula is C12H14FN5O. The second kappa shape index (κ2) is 5.31. The van der Waals surface area contributed by atoms with E-state index in [2.05, 4.69) is 25.5 Å². The van der Waals surface area contributed by atoms with E-state index >= 15 is 0 Å². The summed E-state index contributed by atoms with van der Waals surface area (Å²) >= 11 is 0. The van der Waals surface area contributed by atoms with Crippen molar-refractivity contribution in [3.8, 4) is 0 Å². The molecule has 0 amide bonds. The topological polar surface area (TPSA) is 75.7 Å². The molecule has 1 aliphatic rings. The molecule has 0 aliphatic carbocycles. The van der Waals surface area contributed by atoms with Gasteiger partial charge in [0.2, 0.25) is 0 Å². The van der Waals surface area contributed by atoms with Gasteiger partial charge in [-0.25, -0.2) is 14.4 Å². The zero-order valence-electron chi connectivity index (χ0n) is 10.2. The summed E-state index contributed by atoms with van der Waals surface area (Å²) in [5.74, 6) is 1.36. The Morgan fingerprint density at radius 2 is 2.37 bits per heavy atom. The van der Waals surface area contributed by atoms with E-state index in [0.29, 0.717) is 24.9 Å². The highest BCUT2D eigenvalue weighted by atomic mass is 19.1. The van der Waals surface area contributed by atoms with Gasteiger partial charge < -0.3 is 10.1 Å². The summed E-state index contributed by atoms with van der Waals surface area (Å²) in [6, 6.07) is 3.00. The average molecular weight is 263 g/mol. The molecule has 19 heavy (non-hydrogen) atoms. The zero-order valence-corrected chi connectivity index (χ0v) is 10.2. The van der Waals surface area contributed by atoms with Gasteiger partial charge in [-0.3, -0.25) is 5.10 Å². The van der Waals surface area contributed by atoms with Crippen molar-refractivity contribution in [2.75, 3.05) is 18.5 Å². The molecule has 100 valence electrons. The first-order valence-electron chi connectivity index (χ1n) is 6.15. The molecule has 7 heteroatoms. The first kappa shape index (κ1) is 12.0. The normalized spacial score (nSPS) is 22.6. The largest absolute Gasteiger partial charge is 0.370 e. The van der Waals surface area contributed by atoms with Gasteiger partial charge in [0.05, 0.1) is 6.20 Å². The van der Waals surface area contributed by atoms with Crippen LogP contribution in [-0.2, 0) is 4.74 Å². The van der Waals surface area contributed by atoms with E-state index in [1.54, 1.807) is 6.07 Å². The van der Waals surface area contributed by atoms with Crippen LogP contribution < -0.4 is 5.32 Å². The first-order valence-corrected chi connectivity index (χ1v) is 6.15. The Bertz CT molecular complexity index is 515. The lowest BCUT2D eigenvalue weighted by atomic mass is 10.0. The molecule has 1 aliphatic heterocycles. The Hall–Kier alpha value is -2.02. The molecular weight excluding hydrogens is 249 g/mol. The monoisotopic (exact) mass is 263 g/mol. The Morgan fingerprint density at radius 3 is 3.11 bits per heavy atom. The van der Waals surface area contributed by atoms with Crippen LogP contribution in [0.15, 0.2) is 24.7 Å². The number of anilines is 1. The number of nitrogens with one attached hydrogen (secondary N) is 2. The lowest BCUT2D eigenvalue weighted by Crippen LogP contribution is -2.19. The van der Waals surface area contributed by atoms with Crippen LogP contribution in [0.25, 0.3) is 0 Å². The van der Waals surface area contributed by atoms with E-state index in [4.69, 9.17) is 4.74 Å². The number of pyridine rings is 1. The van der Waals surface area contributed by atoms with Gasteiger partial charge in [-0.2, -0.15) is 5.10 Å². The summed E-state index contributed by atoms with van der Waals surface area (Å²) in [6.45, 7) is 1.40. The molecule has 6 nitrogen and oxygen atoms in total. The van der Waals surface area contributed by atoms with Gasteiger partial charge in [-0.05, 0) is 18.6 Å². The van der Waals surface area contributed by atoms with Gasteiger partial charge in [0.15, 0.2) is 5.82 Å². The van der Waals surface area contributed by atoms with E-state index in [1.165, 1.54) is 18.6 Å². The van der Waals surface area contributed by atoms with Gasteiger partial charge in [0.1, 0.15) is 24.1 Å². The fourth-order valence-electron chi connectivity index (χ4n) is 2.21. The van der Waals surface area contributed by atoms with Crippen molar-refractivity contribution < 1.29 is 9.13 Å². The molecule has 3 rings (SSSR count). The van der Waals surface area contributed by atoms with Crippen molar-refractivity contribution in [2.45, 2.75) is 12.5 Å². The first-order chi connectivity index (χ1) is 9.33. The second-order valence-corrected chi connectivity index (χ2v) is 4.45. The molecule has 1 saturated heterocycles. The Labute approximate surface area is 109 Å². The van der Waals surface area contributed by atoms with Gasteiger partial charge in [0, 0.05) is 19.1 Å². The molecule has 0 spiro atoms. The third kappa shape index (κ3) is 2.70. The number of halogens is 1. The number of hydrogen-bond donors (Lipinski definition) is 2. The minimum atomic E-state index is -0.339. The fourth-order valence-corrected chi connectivity index (χ4v) is 2.21. The number of aromatic nitrogens is 4. The maximum absolute atomic E-state index is 12.7. The third-order valence-electron chi connectivity index (χ3n) is 3.19. The highest BCUT2D eigenvalue weighted by Crippen LogP contribution is 2.32. The van der Waals surface area contributed by atoms with E-state index in [1.807, 2.05) is 0 Å². The number of rotatable bonds is 4. The third-order valence-corrected chi connectivity index (χ3v) is 3.19. The van der Waals surface area contributed by atoms with Gasteiger partial charge in [0.25, 0.3) is 0 Å². The van der Waals surface area contributed by atoms with Crippen molar-refractivity contribution in [1.29, 1.82) is 0 Å². The highest BCUT2D eigenvalue weighted by molar-refractivity contribution is 5.33. The SMILES string of the molecule is Fc1ccc(NC[C@@H]2CCO[C@@H]2c2ncn[nH]2)nc1. The van der Waals surface area contributed by atoms with Crippen LogP contribution in [0.3, 0.4) is 0 Å². The summed E-state index contributed by atoms with van der Waals surface area (Å²) in [4.78, 5) is 8.09. The van der Waals surface area contributed by atoms with Crippen molar-refractivity contribution in [3.63, 3.8) is 0 Å². The number of ether oxygens (including phenoxy) is 1. The Balaban J connectivity index is 1.61. The van der Waals surface area contributed by atoms with Crippen LogP contribution in [0.4, 0.5) is 10.2 Å². The van der Waals surface area contributed by atoms with Crippen LogP contribution in [0, 0.1) is 11.7 Å². The molecule has 0 unspecified atom stereocenters. The summed E-state index contributed by atoms with van der Waals surface area (Å²) in [5.41, 5.74) is 0. The quantitative estimate of drug-likeness (QED) is 0.874. The minimum Gasteiger partial charge on any atom is -0.370 e. The van der Waals surface area contributed by atoms with Crippen LogP contribution in [0.2, 0.25) is 0 Å². The lowest BCUT2D eigenvalue weighted by Gasteiger charge is -2.16. The van der Waals surface area contributed by atoms with Crippen LogP contribution in [0.1, 0.15) is 18.3 Å². The molecule has 0 saturated carbocycles. The molecule has 0 bridgehead atoms. The Morgan fingerprint density at radius 1 is 1.42 bits per heavy atom. The summed E-state index contributed by atoms with van der Waals surface area (Å²) in [7, 11) is 0. The van der Waals surface area contributed by atoms with Gasteiger partial charge in [-0.1, -0.05) is 0 Å². The molecule has 2 aromatic rings. The molecule has 2 aromatic heterocycles. The molecule has 2 N–H and O–H groups in total. The molecule has 0 aromatic carbocycles. The molecule has 0 radical (unpaired) electrons. The van der Waals surface area contributed by atoms with Crippen LogP contribution in [0.5, 0.6) is 0 Å². The van der Waals surface area contributed by atoms with E-state index < -0.39 is 0 Å². The molecule has 1 fully saturated rings. The van der Waals surface area contributed by atoms with E-state index in [0.717, 1.165) is 12.2 Å². The smallest absolute Gasteiger partial charge is 0.153 e. The van der Waals surface area contributed by atoms with Gasteiger partial charge >= 0.3 is 0 Å². The summed E-state index contributed by atoms with van der Waals surface area (Å²) < 4.78 is 18.4. The highest BCUT2D eigenvalue weighted by Gasteiger charge is 2.31. The zero-order chi connectivity index (χ0) is 13.1. The van der Waals surface area contributed by atoms with Crippen molar-refractivity contribution in [3.05, 3.63) is 36.3 Å².